The van der Waals surface area contributed by atoms with Crippen molar-refractivity contribution in [2.45, 2.75) is 4.90 Å². The zero-order chi connectivity index (χ0) is 10.1. The Bertz CT molecular complexity index is 464. The Morgan fingerprint density at radius 1 is 1.36 bits per heavy atom. The van der Waals surface area contributed by atoms with Crippen LogP contribution in [0.25, 0.3) is 10.1 Å². The molecule has 0 aliphatic heterocycles. The van der Waals surface area contributed by atoms with E-state index in [0.29, 0.717) is 0 Å². The van der Waals surface area contributed by atoms with E-state index in [-0.39, 0.29) is 0 Å². The normalized spacial score (nSPS) is 10.8. The van der Waals surface area contributed by atoms with E-state index in [2.05, 4.69) is 47.0 Å². The molecule has 14 heavy (non-hydrogen) atoms. The minimum atomic E-state index is 0.978. The van der Waals surface area contributed by atoms with Crippen molar-refractivity contribution in [2.75, 3.05) is 13.4 Å². The first kappa shape index (κ1) is 10.6. The van der Waals surface area contributed by atoms with Crippen LogP contribution in [-0.2, 0) is 0 Å². The molecule has 1 nitrogen and oxygen atoms in total. The van der Waals surface area contributed by atoms with Crippen molar-refractivity contribution in [3.8, 4) is 5.75 Å². The third-order valence-electron chi connectivity index (χ3n) is 2.00. The summed E-state index contributed by atoms with van der Waals surface area (Å²) in [6.07, 6.45) is 2.08. The van der Waals surface area contributed by atoms with Crippen LogP contribution in [0.15, 0.2) is 23.1 Å². The first-order valence-corrected chi connectivity index (χ1v) is 7.17. The Labute approximate surface area is 105 Å². The average Bonchev–Trinajstić information content (AvgIpc) is 2.56. The van der Waals surface area contributed by atoms with E-state index in [0.717, 1.165) is 5.75 Å². The topological polar surface area (TPSA) is 9.23 Å². The summed E-state index contributed by atoms with van der Waals surface area (Å²) in [5, 5.41) is 1.22. The van der Waals surface area contributed by atoms with Crippen molar-refractivity contribution in [3.63, 3.8) is 0 Å². The highest BCUT2D eigenvalue weighted by molar-refractivity contribution is 14.1. The summed E-state index contributed by atoms with van der Waals surface area (Å²) < 4.78 is 7.98. The lowest BCUT2D eigenvalue weighted by atomic mass is 10.2. The van der Waals surface area contributed by atoms with Crippen LogP contribution in [0.4, 0.5) is 0 Å². The van der Waals surface area contributed by atoms with Crippen LogP contribution in [0.2, 0.25) is 0 Å². The second kappa shape index (κ2) is 4.28. The van der Waals surface area contributed by atoms with Gasteiger partial charge < -0.3 is 4.74 Å². The molecule has 0 saturated heterocycles. The van der Waals surface area contributed by atoms with Crippen LogP contribution < -0.4 is 4.74 Å². The molecule has 0 amide bonds. The molecule has 1 aromatic carbocycles. The largest absolute Gasteiger partial charge is 0.496 e. The maximum absolute atomic E-state index is 5.37. The molecule has 0 N–H and O–H groups in total. The summed E-state index contributed by atoms with van der Waals surface area (Å²) in [4.78, 5) is 1.26. The summed E-state index contributed by atoms with van der Waals surface area (Å²) in [7, 11) is 1.73. The number of halogens is 1. The molecule has 2 aromatic rings. The number of methoxy groups -OCH3 is 1. The Kier molecular flexibility index (Phi) is 3.23. The van der Waals surface area contributed by atoms with Gasteiger partial charge in [0.05, 0.1) is 9.99 Å². The number of ether oxygens (including phenoxy) is 1. The Morgan fingerprint density at radius 3 is 2.79 bits per heavy atom. The van der Waals surface area contributed by atoms with Crippen molar-refractivity contribution >= 4 is 55.8 Å². The Balaban J connectivity index is 2.72. The van der Waals surface area contributed by atoms with Gasteiger partial charge in [0, 0.05) is 15.0 Å². The molecule has 2 rings (SSSR count). The maximum Gasteiger partial charge on any atom is 0.128 e. The predicted molar refractivity (Wildman–Crippen MR) is 72.9 cm³/mol. The van der Waals surface area contributed by atoms with Gasteiger partial charge >= 0.3 is 0 Å². The standard InChI is InChI=1S/C10H9IOS2/c1-12-8-3-6(13-2)4-9-7(8)5-10(11)14-9/h3-5H,1-2H3. The first-order chi connectivity index (χ1) is 6.74. The molecule has 74 valence electrons. The van der Waals surface area contributed by atoms with Crippen LogP contribution >= 0.6 is 45.7 Å². The minimum absolute atomic E-state index is 0.978. The highest BCUT2D eigenvalue weighted by Gasteiger charge is 2.07. The molecule has 0 fully saturated rings. The molecular formula is C10H9IOS2. The molecule has 1 heterocycles. The van der Waals surface area contributed by atoms with Gasteiger partial charge in [-0.2, -0.15) is 0 Å². The highest BCUT2D eigenvalue weighted by Crippen LogP contribution is 2.36. The van der Waals surface area contributed by atoms with Crippen LogP contribution in [0.3, 0.4) is 0 Å². The molecule has 1 aromatic heterocycles. The lowest BCUT2D eigenvalue weighted by molar-refractivity contribution is 0.419. The van der Waals surface area contributed by atoms with Crippen molar-refractivity contribution in [1.29, 1.82) is 0 Å². The fraction of sp³-hybridized carbons (Fsp3) is 0.200. The monoisotopic (exact) mass is 336 g/mol. The third kappa shape index (κ3) is 1.87. The lowest BCUT2D eigenvalue weighted by Crippen LogP contribution is -1.83. The zero-order valence-electron chi connectivity index (χ0n) is 7.83. The number of benzene rings is 1. The summed E-state index contributed by atoms with van der Waals surface area (Å²) in [6.45, 7) is 0. The van der Waals surface area contributed by atoms with E-state index in [9.17, 15) is 0 Å². The van der Waals surface area contributed by atoms with Crippen LogP contribution in [0, 0.1) is 2.88 Å². The van der Waals surface area contributed by atoms with Gasteiger partial charge in [0.25, 0.3) is 0 Å². The summed E-state index contributed by atoms with van der Waals surface area (Å²) in [6, 6.07) is 6.48. The molecule has 0 radical (unpaired) electrons. The number of rotatable bonds is 2. The van der Waals surface area contributed by atoms with Crippen molar-refractivity contribution < 1.29 is 4.74 Å². The van der Waals surface area contributed by atoms with E-state index in [1.807, 2.05) is 0 Å². The van der Waals surface area contributed by atoms with Crippen LogP contribution in [0.5, 0.6) is 5.75 Å². The second-order valence-electron chi connectivity index (χ2n) is 2.79. The summed E-state index contributed by atoms with van der Waals surface area (Å²) in [5.41, 5.74) is 0. The molecule has 0 unspecified atom stereocenters. The van der Waals surface area contributed by atoms with E-state index < -0.39 is 0 Å². The molecule has 0 saturated carbocycles. The van der Waals surface area contributed by atoms with Gasteiger partial charge in [-0.3, -0.25) is 0 Å². The maximum atomic E-state index is 5.37. The van der Waals surface area contributed by atoms with E-state index in [1.54, 1.807) is 30.2 Å². The SMILES string of the molecule is COc1cc(SC)cc2sc(I)cc12. The molecule has 0 atom stereocenters. The van der Waals surface area contributed by atoms with Gasteiger partial charge in [-0.05, 0) is 47.0 Å². The molecule has 4 heteroatoms. The van der Waals surface area contributed by atoms with E-state index >= 15 is 0 Å². The predicted octanol–water partition coefficient (Wildman–Crippen LogP) is 4.24. The minimum Gasteiger partial charge on any atom is -0.496 e. The van der Waals surface area contributed by atoms with Gasteiger partial charge in [-0.25, -0.2) is 0 Å². The van der Waals surface area contributed by atoms with Crippen molar-refractivity contribution in [2.24, 2.45) is 0 Å². The smallest absolute Gasteiger partial charge is 0.128 e. The lowest BCUT2D eigenvalue weighted by Gasteiger charge is -2.03. The molecule has 0 spiro atoms. The van der Waals surface area contributed by atoms with Crippen LogP contribution in [0.1, 0.15) is 0 Å². The number of thiophene rings is 1. The highest BCUT2D eigenvalue weighted by atomic mass is 127. The number of thioether (sulfide) groups is 1. The van der Waals surface area contributed by atoms with Gasteiger partial charge in [0.15, 0.2) is 0 Å². The van der Waals surface area contributed by atoms with E-state index in [1.165, 1.54) is 17.9 Å². The third-order valence-corrected chi connectivity index (χ3v) is 4.55. The molecular weight excluding hydrogens is 327 g/mol. The number of hydrogen-bond donors (Lipinski definition) is 0. The molecule has 0 aliphatic rings. The van der Waals surface area contributed by atoms with Crippen LogP contribution in [-0.4, -0.2) is 13.4 Å². The van der Waals surface area contributed by atoms with Gasteiger partial charge in [-0.15, -0.1) is 23.1 Å². The zero-order valence-corrected chi connectivity index (χ0v) is 11.6. The van der Waals surface area contributed by atoms with Gasteiger partial charge in [0.2, 0.25) is 0 Å². The second-order valence-corrected chi connectivity index (χ2v) is 6.65. The number of fused-ring (bicyclic) bond motifs is 1. The molecule has 0 bridgehead atoms. The summed E-state index contributed by atoms with van der Waals surface area (Å²) in [5.74, 6) is 0.978. The van der Waals surface area contributed by atoms with Crippen molar-refractivity contribution in [3.05, 3.63) is 21.1 Å². The van der Waals surface area contributed by atoms with Crippen molar-refractivity contribution in [1.82, 2.24) is 0 Å². The fourth-order valence-corrected chi connectivity index (χ4v) is 3.74. The van der Waals surface area contributed by atoms with Gasteiger partial charge in [-0.1, -0.05) is 0 Å². The quantitative estimate of drug-likeness (QED) is 0.599. The Morgan fingerprint density at radius 2 is 2.14 bits per heavy atom. The molecule has 0 aliphatic carbocycles. The Hall–Kier alpha value is 0.0600. The van der Waals surface area contributed by atoms with Gasteiger partial charge in [0.1, 0.15) is 5.75 Å². The fourth-order valence-electron chi connectivity index (χ4n) is 1.34. The van der Waals surface area contributed by atoms with E-state index in [4.69, 9.17) is 4.74 Å². The average molecular weight is 336 g/mol. The number of hydrogen-bond acceptors (Lipinski definition) is 3. The summed E-state index contributed by atoms with van der Waals surface area (Å²) >= 11 is 5.90. The first-order valence-electron chi connectivity index (χ1n) is 4.05.